The SMILES string of the molecule is CCCCCCc1cnc(-c2ccc(OCCCCC)cc2)nc1. The van der Waals surface area contributed by atoms with Crippen molar-refractivity contribution in [2.45, 2.75) is 65.2 Å². The number of aromatic nitrogens is 2. The highest BCUT2D eigenvalue weighted by Crippen LogP contribution is 2.19. The highest BCUT2D eigenvalue weighted by Gasteiger charge is 2.03. The Kier molecular flexibility index (Phi) is 8.29. The van der Waals surface area contributed by atoms with Gasteiger partial charge in [-0.1, -0.05) is 46.0 Å². The van der Waals surface area contributed by atoms with Crippen LogP contribution in [0.4, 0.5) is 0 Å². The summed E-state index contributed by atoms with van der Waals surface area (Å²) in [6, 6.07) is 8.07. The second-order valence-corrected chi connectivity index (χ2v) is 6.31. The molecule has 0 fully saturated rings. The van der Waals surface area contributed by atoms with Crippen molar-refractivity contribution in [3.05, 3.63) is 42.2 Å². The molecule has 0 bridgehead atoms. The van der Waals surface area contributed by atoms with Gasteiger partial charge in [-0.3, -0.25) is 0 Å². The molecule has 3 heteroatoms. The van der Waals surface area contributed by atoms with E-state index in [1.165, 1.54) is 44.1 Å². The fourth-order valence-electron chi connectivity index (χ4n) is 2.63. The van der Waals surface area contributed by atoms with Crippen LogP contribution in [0.5, 0.6) is 5.75 Å². The number of unbranched alkanes of at least 4 members (excludes halogenated alkanes) is 5. The van der Waals surface area contributed by atoms with Gasteiger partial charge in [-0.25, -0.2) is 9.97 Å². The molecule has 3 nitrogen and oxygen atoms in total. The Balaban J connectivity index is 1.84. The Bertz CT molecular complexity index is 510. The predicted octanol–water partition coefficient (Wildman–Crippen LogP) is 5.84. The number of nitrogens with zero attached hydrogens (tertiary/aromatic N) is 2. The Morgan fingerprint density at radius 2 is 1.46 bits per heavy atom. The highest BCUT2D eigenvalue weighted by atomic mass is 16.5. The van der Waals surface area contributed by atoms with Gasteiger partial charge in [0, 0.05) is 18.0 Å². The summed E-state index contributed by atoms with van der Waals surface area (Å²) in [6.45, 7) is 5.22. The summed E-state index contributed by atoms with van der Waals surface area (Å²) >= 11 is 0. The van der Waals surface area contributed by atoms with E-state index in [4.69, 9.17) is 4.74 Å². The summed E-state index contributed by atoms with van der Waals surface area (Å²) in [5.74, 6) is 1.70. The number of rotatable bonds is 11. The molecule has 2 rings (SSSR count). The van der Waals surface area contributed by atoms with Crippen molar-refractivity contribution in [3.63, 3.8) is 0 Å². The molecule has 0 saturated heterocycles. The molecule has 0 aliphatic heterocycles. The molecule has 0 atom stereocenters. The molecule has 24 heavy (non-hydrogen) atoms. The van der Waals surface area contributed by atoms with Gasteiger partial charge in [0.1, 0.15) is 5.75 Å². The van der Waals surface area contributed by atoms with Crippen molar-refractivity contribution in [1.29, 1.82) is 0 Å². The molecule has 0 amide bonds. The standard InChI is InChI=1S/C21H30N2O/c1-3-5-7-8-10-18-16-22-21(23-17-18)19-11-13-20(14-12-19)24-15-9-6-4-2/h11-14,16-17H,3-10,15H2,1-2H3. The molecule has 0 radical (unpaired) electrons. The van der Waals surface area contributed by atoms with E-state index in [1.807, 2.05) is 36.7 Å². The van der Waals surface area contributed by atoms with Crippen LogP contribution in [0, 0.1) is 0 Å². The first-order valence-electron chi connectivity index (χ1n) is 9.37. The highest BCUT2D eigenvalue weighted by molar-refractivity contribution is 5.55. The van der Waals surface area contributed by atoms with Gasteiger partial charge in [0.2, 0.25) is 0 Å². The minimum atomic E-state index is 0.782. The van der Waals surface area contributed by atoms with E-state index < -0.39 is 0 Å². The van der Waals surface area contributed by atoms with Crippen molar-refractivity contribution >= 4 is 0 Å². The summed E-state index contributed by atoms with van der Waals surface area (Å²) in [5, 5.41) is 0. The number of hydrogen-bond donors (Lipinski definition) is 0. The van der Waals surface area contributed by atoms with Gasteiger partial charge in [0.25, 0.3) is 0 Å². The maximum atomic E-state index is 5.74. The van der Waals surface area contributed by atoms with Crippen molar-refractivity contribution in [2.75, 3.05) is 6.61 Å². The van der Waals surface area contributed by atoms with E-state index in [-0.39, 0.29) is 0 Å². The molecule has 0 spiro atoms. The predicted molar refractivity (Wildman–Crippen MR) is 100 cm³/mol. The largest absolute Gasteiger partial charge is 0.494 e. The molecule has 2 aromatic rings. The quantitative estimate of drug-likeness (QED) is 0.487. The minimum Gasteiger partial charge on any atom is -0.494 e. The molecular formula is C21H30N2O. The average Bonchev–Trinajstić information content (AvgIpc) is 2.64. The van der Waals surface area contributed by atoms with Gasteiger partial charge in [0.05, 0.1) is 6.61 Å². The zero-order chi connectivity index (χ0) is 17.0. The third kappa shape index (κ3) is 6.31. The smallest absolute Gasteiger partial charge is 0.159 e. The lowest BCUT2D eigenvalue weighted by molar-refractivity contribution is 0.306. The van der Waals surface area contributed by atoms with E-state index in [9.17, 15) is 0 Å². The summed E-state index contributed by atoms with van der Waals surface area (Å²) < 4.78 is 5.74. The van der Waals surface area contributed by atoms with Crippen LogP contribution >= 0.6 is 0 Å². The van der Waals surface area contributed by atoms with Crippen LogP contribution in [-0.4, -0.2) is 16.6 Å². The molecule has 1 aromatic heterocycles. The molecule has 0 unspecified atom stereocenters. The first-order valence-corrected chi connectivity index (χ1v) is 9.37. The van der Waals surface area contributed by atoms with Crippen LogP contribution < -0.4 is 4.74 Å². The van der Waals surface area contributed by atoms with Crippen molar-refractivity contribution in [1.82, 2.24) is 9.97 Å². The Labute approximate surface area is 146 Å². The van der Waals surface area contributed by atoms with E-state index in [2.05, 4.69) is 23.8 Å². The van der Waals surface area contributed by atoms with Crippen LogP contribution in [0.15, 0.2) is 36.7 Å². The third-order valence-electron chi connectivity index (χ3n) is 4.15. The van der Waals surface area contributed by atoms with Crippen LogP contribution in [0.25, 0.3) is 11.4 Å². The Morgan fingerprint density at radius 1 is 0.792 bits per heavy atom. The number of ether oxygens (including phenoxy) is 1. The van der Waals surface area contributed by atoms with Crippen LogP contribution in [0.1, 0.15) is 64.4 Å². The van der Waals surface area contributed by atoms with Crippen molar-refractivity contribution in [3.8, 4) is 17.1 Å². The molecule has 1 aromatic carbocycles. The maximum absolute atomic E-state index is 5.74. The molecule has 130 valence electrons. The van der Waals surface area contributed by atoms with E-state index in [1.54, 1.807) is 0 Å². The average molecular weight is 326 g/mol. The van der Waals surface area contributed by atoms with Gasteiger partial charge in [-0.15, -0.1) is 0 Å². The summed E-state index contributed by atoms with van der Waals surface area (Å²) in [5.41, 5.74) is 2.26. The molecular weight excluding hydrogens is 296 g/mol. The molecule has 1 heterocycles. The zero-order valence-corrected chi connectivity index (χ0v) is 15.1. The fourth-order valence-corrected chi connectivity index (χ4v) is 2.63. The van der Waals surface area contributed by atoms with Crippen LogP contribution in [-0.2, 0) is 6.42 Å². The van der Waals surface area contributed by atoms with Gasteiger partial charge in [0.15, 0.2) is 5.82 Å². The van der Waals surface area contributed by atoms with E-state index >= 15 is 0 Å². The molecule has 0 aliphatic rings. The normalized spacial score (nSPS) is 10.8. The Morgan fingerprint density at radius 3 is 2.12 bits per heavy atom. The fraction of sp³-hybridized carbons (Fsp3) is 0.524. The first-order chi connectivity index (χ1) is 11.8. The van der Waals surface area contributed by atoms with Crippen LogP contribution in [0.3, 0.4) is 0 Å². The third-order valence-corrected chi connectivity index (χ3v) is 4.15. The topological polar surface area (TPSA) is 35.0 Å². The summed E-state index contributed by atoms with van der Waals surface area (Å²) in [6.07, 6.45) is 13.6. The summed E-state index contributed by atoms with van der Waals surface area (Å²) in [4.78, 5) is 9.02. The van der Waals surface area contributed by atoms with Crippen molar-refractivity contribution < 1.29 is 4.74 Å². The number of benzene rings is 1. The van der Waals surface area contributed by atoms with E-state index in [0.29, 0.717) is 0 Å². The van der Waals surface area contributed by atoms with Crippen molar-refractivity contribution in [2.24, 2.45) is 0 Å². The number of aryl methyl sites for hydroxylation is 1. The van der Waals surface area contributed by atoms with Crippen LogP contribution in [0.2, 0.25) is 0 Å². The second-order valence-electron chi connectivity index (χ2n) is 6.31. The lowest BCUT2D eigenvalue weighted by atomic mass is 10.1. The Hall–Kier alpha value is -1.90. The van der Waals surface area contributed by atoms with E-state index in [0.717, 1.165) is 36.6 Å². The summed E-state index contributed by atoms with van der Waals surface area (Å²) in [7, 11) is 0. The zero-order valence-electron chi connectivity index (χ0n) is 15.1. The molecule has 0 N–H and O–H groups in total. The number of hydrogen-bond acceptors (Lipinski definition) is 3. The second kappa shape index (κ2) is 10.8. The van der Waals surface area contributed by atoms with Gasteiger partial charge in [-0.2, -0.15) is 0 Å². The van der Waals surface area contributed by atoms with Gasteiger partial charge >= 0.3 is 0 Å². The molecule has 0 saturated carbocycles. The van der Waals surface area contributed by atoms with Gasteiger partial charge in [-0.05, 0) is 49.1 Å². The van der Waals surface area contributed by atoms with Gasteiger partial charge < -0.3 is 4.74 Å². The monoisotopic (exact) mass is 326 g/mol. The first kappa shape index (κ1) is 18.4. The maximum Gasteiger partial charge on any atom is 0.159 e. The minimum absolute atomic E-state index is 0.782. The lowest BCUT2D eigenvalue weighted by Gasteiger charge is -2.07. The lowest BCUT2D eigenvalue weighted by Crippen LogP contribution is -1.97. The molecule has 0 aliphatic carbocycles.